The molecule has 0 aromatic carbocycles. The van der Waals surface area contributed by atoms with Gasteiger partial charge in [0.25, 0.3) is 0 Å². The van der Waals surface area contributed by atoms with E-state index < -0.39 is 0 Å². The zero-order chi connectivity index (χ0) is 12.9. The summed E-state index contributed by atoms with van der Waals surface area (Å²) in [6.07, 6.45) is 6.22. The van der Waals surface area contributed by atoms with Gasteiger partial charge in [-0.3, -0.25) is 4.79 Å². The fraction of sp³-hybridized carbons (Fsp3) is 0.786. The zero-order valence-corrected chi connectivity index (χ0v) is 12.8. The molecule has 0 N–H and O–H groups in total. The van der Waals surface area contributed by atoms with Crippen molar-refractivity contribution in [1.29, 1.82) is 0 Å². The lowest BCUT2D eigenvalue weighted by atomic mass is 9.78. The molecule has 0 aromatic rings. The number of alkyl halides is 1. The van der Waals surface area contributed by atoms with Gasteiger partial charge in [0.05, 0.1) is 0 Å². The third-order valence-corrected chi connectivity index (χ3v) is 3.15. The minimum atomic E-state index is 0.170. The average molecular weight is 302 g/mol. The summed E-state index contributed by atoms with van der Waals surface area (Å²) in [5.74, 6) is 0.308. The second kappa shape index (κ2) is 6.58. The van der Waals surface area contributed by atoms with Crippen LogP contribution >= 0.6 is 15.9 Å². The molecule has 0 saturated carbocycles. The van der Waals surface area contributed by atoms with Crippen LogP contribution < -0.4 is 0 Å². The van der Waals surface area contributed by atoms with Gasteiger partial charge in [-0.2, -0.15) is 0 Å². The summed E-state index contributed by atoms with van der Waals surface area (Å²) in [5, 5.41) is 1.06. The highest BCUT2D eigenvalue weighted by Gasteiger charge is 2.30. The van der Waals surface area contributed by atoms with Crippen LogP contribution in [0.4, 0.5) is 0 Å². The average Bonchev–Trinajstić information content (AvgIpc) is 2.67. The predicted octanol–water partition coefficient (Wildman–Crippen LogP) is 3.76. The Hall–Kier alpha value is -0.310. The summed E-state index contributed by atoms with van der Waals surface area (Å²) < 4.78 is 0. The van der Waals surface area contributed by atoms with Gasteiger partial charge in [-0.25, -0.2) is 0 Å². The van der Waals surface area contributed by atoms with E-state index in [1.165, 1.54) is 18.5 Å². The minimum Gasteiger partial charge on any atom is -0.375 e. The standard InChI is InChI=1S/C12H19NO.C2H5Br/c1-12(2)8-10(7-11(14)9-12)13-5-3-4-6-13;1-2-3/h7H,3-6,8-9H2,1-2H3;2H2,1H3. The third kappa shape index (κ3) is 4.82. The van der Waals surface area contributed by atoms with E-state index in [0.29, 0.717) is 12.2 Å². The van der Waals surface area contributed by atoms with Gasteiger partial charge in [-0.1, -0.05) is 36.7 Å². The Morgan fingerprint density at radius 1 is 1.29 bits per heavy atom. The van der Waals surface area contributed by atoms with Crippen molar-refractivity contribution in [1.82, 2.24) is 4.90 Å². The third-order valence-electron chi connectivity index (χ3n) is 3.15. The molecular weight excluding hydrogens is 278 g/mol. The number of hydrogen-bond donors (Lipinski definition) is 0. The highest BCUT2D eigenvalue weighted by molar-refractivity contribution is 9.09. The molecule has 0 radical (unpaired) electrons. The molecule has 17 heavy (non-hydrogen) atoms. The number of hydrogen-bond acceptors (Lipinski definition) is 2. The van der Waals surface area contributed by atoms with E-state index in [-0.39, 0.29) is 5.41 Å². The van der Waals surface area contributed by atoms with E-state index in [0.717, 1.165) is 24.8 Å². The molecule has 2 aliphatic rings. The SMILES string of the molecule is CC1(C)CC(=O)C=C(N2CCCC2)C1.CCBr. The van der Waals surface area contributed by atoms with Crippen molar-refractivity contribution in [2.45, 2.75) is 46.5 Å². The second-order valence-electron chi connectivity index (χ2n) is 5.58. The largest absolute Gasteiger partial charge is 0.375 e. The quantitative estimate of drug-likeness (QED) is 0.687. The predicted molar refractivity (Wildman–Crippen MR) is 76.4 cm³/mol. The number of rotatable bonds is 1. The lowest BCUT2D eigenvalue weighted by Gasteiger charge is -2.33. The zero-order valence-electron chi connectivity index (χ0n) is 11.3. The van der Waals surface area contributed by atoms with Crippen LogP contribution in [-0.4, -0.2) is 29.1 Å². The molecule has 2 rings (SSSR count). The second-order valence-corrected chi connectivity index (χ2v) is 6.70. The Bertz CT molecular complexity index is 291. The molecule has 1 heterocycles. The van der Waals surface area contributed by atoms with Gasteiger partial charge in [0.1, 0.15) is 0 Å². The van der Waals surface area contributed by atoms with Crippen LogP contribution in [-0.2, 0) is 4.79 Å². The molecule has 2 nitrogen and oxygen atoms in total. The van der Waals surface area contributed by atoms with Crippen LogP contribution in [0, 0.1) is 5.41 Å². The number of likely N-dealkylation sites (tertiary alicyclic amines) is 1. The number of carbonyl (C=O) groups excluding carboxylic acids is 1. The fourth-order valence-corrected chi connectivity index (χ4v) is 2.52. The molecule has 0 spiro atoms. The molecule has 0 unspecified atom stereocenters. The Morgan fingerprint density at radius 2 is 1.82 bits per heavy atom. The van der Waals surface area contributed by atoms with Crippen LogP contribution in [0.2, 0.25) is 0 Å². The summed E-state index contributed by atoms with van der Waals surface area (Å²) in [4.78, 5) is 13.9. The maximum absolute atomic E-state index is 11.5. The molecule has 1 aliphatic carbocycles. The number of allylic oxidation sites excluding steroid dienone is 2. The maximum Gasteiger partial charge on any atom is 0.157 e. The lowest BCUT2D eigenvalue weighted by Crippen LogP contribution is -2.29. The van der Waals surface area contributed by atoms with Gasteiger partial charge in [0.15, 0.2) is 5.78 Å². The van der Waals surface area contributed by atoms with E-state index in [1.54, 1.807) is 0 Å². The summed E-state index contributed by atoms with van der Waals surface area (Å²) in [6.45, 7) is 8.71. The van der Waals surface area contributed by atoms with Crippen LogP contribution in [0.1, 0.15) is 46.5 Å². The van der Waals surface area contributed by atoms with Crippen LogP contribution in [0.3, 0.4) is 0 Å². The molecule has 1 saturated heterocycles. The molecular formula is C14H24BrNO. The molecule has 0 atom stereocenters. The van der Waals surface area contributed by atoms with Gasteiger partial charge in [-0.15, -0.1) is 0 Å². The fourth-order valence-electron chi connectivity index (χ4n) is 2.52. The van der Waals surface area contributed by atoms with Crippen LogP contribution in [0.5, 0.6) is 0 Å². The lowest BCUT2D eigenvalue weighted by molar-refractivity contribution is -0.117. The van der Waals surface area contributed by atoms with Gasteiger partial charge in [0, 0.05) is 36.6 Å². The van der Waals surface area contributed by atoms with E-state index in [1.807, 2.05) is 13.0 Å². The topological polar surface area (TPSA) is 20.3 Å². The van der Waals surface area contributed by atoms with Crippen molar-refractivity contribution in [3.05, 3.63) is 11.8 Å². The first kappa shape index (κ1) is 14.7. The van der Waals surface area contributed by atoms with Gasteiger partial charge in [-0.05, 0) is 24.7 Å². The van der Waals surface area contributed by atoms with Crippen molar-refractivity contribution in [3.63, 3.8) is 0 Å². The Balaban J connectivity index is 0.000000437. The summed E-state index contributed by atoms with van der Waals surface area (Å²) in [7, 11) is 0. The first-order valence-corrected chi connectivity index (χ1v) is 7.65. The monoisotopic (exact) mass is 301 g/mol. The van der Waals surface area contributed by atoms with E-state index in [2.05, 4.69) is 34.7 Å². The number of carbonyl (C=O) groups is 1. The summed E-state index contributed by atoms with van der Waals surface area (Å²) in [5.41, 5.74) is 1.45. The molecule has 0 amide bonds. The highest BCUT2D eigenvalue weighted by Crippen LogP contribution is 2.35. The molecule has 1 aliphatic heterocycles. The van der Waals surface area contributed by atoms with E-state index >= 15 is 0 Å². The summed E-state index contributed by atoms with van der Waals surface area (Å²) in [6, 6.07) is 0. The molecule has 0 aromatic heterocycles. The van der Waals surface area contributed by atoms with Gasteiger partial charge >= 0.3 is 0 Å². The first-order chi connectivity index (χ1) is 7.98. The van der Waals surface area contributed by atoms with E-state index in [9.17, 15) is 4.79 Å². The number of ketones is 1. The van der Waals surface area contributed by atoms with Gasteiger partial charge < -0.3 is 4.90 Å². The Labute approximate surface area is 114 Å². The Kier molecular flexibility index (Phi) is 5.71. The van der Waals surface area contributed by atoms with Crippen molar-refractivity contribution >= 4 is 21.7 Å². The molecule has 98 valence electrons. The van der Waals surface area contributed by atoms with Gasteiger partial charge in [0.2, 0.25) is 0 Å². The molecule has 1 fully saturated rings. The number of nitrogens with zero attached hydrogens (tertiary/aromatic N) is 1. The highest BCUT2D eigenvalue weighted by atomic mass is 79.9. The van der Waals surface area contributed by atoms with Crippen molar-refractivity contribution in [2.24, 2.45) is 5.41 Å². The van der Waals surface area contributed by atoms with Crippen LogP contribution in [0.15, 0.2) is 11.8 Å². The summed E-state index contributed by atoms with van der Waals surface area (Å²) >= 11 is 3.15. The van der Waals surface area contributed by atoms with Crippen molar-refractivity contribution in [3.8, 4) is 0 Å². The van der Waals surface area contributed by atoms with Crippen molar-refractivity contribution < 1.29 is 4.79 Å². The van der Waals surface area contributed by atoms with Crippen LogP contribution in [0.25, 0.3) is 0 Å². The maximum atomic E-state index is 11.5. The number of halogens is 1. The Morgan fingerprint density at radius 3 is 2.29 bits per heavy atom. The smallest absolute Gasteiger partial charge is 0.157 e. The van der Waals surface area contributed by atoms with E-state index in [4.69, 9.17) is 0 Å². The first-order valence-electron chi connectivity index (χ1n) is 6.53. The minimum absolute atomic E-state index is 0.170. The normalized spacial score (nSPS) is 22.9. The van der Waals surface area contributed by atoms with Crippen molar-refractivity contribution in [2.75, 3.05) is 18.4 Å². The molecule has 0 bridgehead atoms. The molecule has 3 heteroatoms.